The van der Waals surface area contributed by atoms with Gasteiger partial charge >= 0.3 is 0 Å². The highest BCUT2D eigenvalue weighted by molar-refractivity contribution is 6.33. The van der Waals surface area contributed by atoms with Crippen LogP contribution in [0.15, 0.2) is 54.7 Å². The molecule has 0 aliphatic rings. The van der Waals surface area contributed by atoms with Crippen LogP contribution in [0.2, 0.25) is 10.0 Å². The van der Waals surface area contributed by atoms with Crippen LogP contribution >= 0.6 is 23.2 Å². The number of hydrogen-bond donors (Lipinski definition) is 0. The van der Waals surface area contributed by atoms with Gasteiger partial charge in [0.25, 0.3) is 0 Å². The molecule has 0 saturated heterocycles. The van der Waals surface area contributed by atoms with E-state index in [1.54, 1.807) is 0 Å². The van der Waals surface area contributed by atoms with Gasteiger partial charge in [-0.3, -0.25) is 4.57 Å². The summed E-state index contributed by atoms with van der Waals surface area (Å²) in [6.45, 7) is 1.97. The molecule has 0 aliphatic heterocycles. The second-order valence-electron chi connectivity index (χ2n) is 4.53. The van der Waals surface area contributed by atoms with Crippen molar-refractivity contribution >= 4 is 23.2 Å². The van der Waals surface area contributed by atoms with Gasteiger partial charge in [-0.2, -0.15) is 0 Å². The monoisotopic (exact) mass is 302 g/mol. The number of rotatable bonds is 2. The van der Waals surface area contributed by atoms with Crippen LogP contribution in [0, 0.1) is 6.92 Å². The van der Waals surface area contributed by atoms with Gasteiger partial charge in [0.1, 0.15) is 5.82 Å². The lowest BCUT2D eigenvalue weighted by atomic mass is 10.2. The van der Waals surface area contributed by atoms with Crippen LogP contribution in [0.4, 0.5) is 0 Å². The highest BCUT2D eigenvalue weighted by Gasteiger charge is 2.12. The molecule has 0 fully saturated rings. The quantitative estimate of drug-likeness (QED) is 0.640. The average Bonchev–Trinajstić information content (AvgIpc) is 2.82. The van der Waals surface area contributed by atoms with Crippen LogP contribution in [0.1, 0.15) is 5.69 Å². The molecule has 2 aromatic carbocycles. The first-order valence-corrected chi connectivity index (χ1v) is 6.97. The van der Waals surface area contributed by atoms with Gasteiger partial charge in [-0.1, -0.05) is 35.3 Å². The highest BCUT2D eigenvalue weighted by Crippen LogP contribution is 2.29. The molecule has 3 rings (SSSR count). The molecular formula is C16H12Cl2N2. The number of imidazole rings is 1. The molecular weight excluding hydrogens is 291 g/mol. The molecule has 0 spiro atoms. The number of aromatic nitrogens is 2. The summed E-state index contributed by atoms with van der Waals surface area (Å²) in [4.78, 5) is 4.59. The van der Waals surface area contributed by atoms with Crippen molar-refractivity contribution in [2.24, 2.45) is 0 Å². The molecule has 0 bridgehead atoms. The summed E-state index contributed by atoms with van der Waals surface area (Å²) in [5.41, 5.74) is 2.86. The van der Waals surface area contributed by atoms with E-state index in [0.717, 1.165) is 22.8 Å². The van der Waals surface area contributed by atoms with E-state index in [4.69, 9.17) is 23.2 Å². The van der Waals surface area contributed by atoms with E-state index in [-0.39, 0.29) is 0 Å². The predicted molar refractivity (Wildman–Crippen MR) is 83.8 cm³/mol. The molecule has 3 aromatic rings. The Hall–Kier alpha value is -1.77. The van der Waals surface area contributed by atoms with Crippen LogP contribution < -0.4 is 0 Å². The zero-order valence-electron chi connectivity index (χ0n) is 10.8. The Labute approximate surface area is 127 Å². The zero-order chi connectivity index (χ0) is 14.1. The van der Waals surface area contributed by atoms with Crippen molar-refractivity contribution in [3.8, 4) is 17.1 Å². The number of halogens is 2. The minimum Gasteiger partial charge on any atom is -0.299 e. The summed E-state index contributed by atoms with van der Waals surface area (Å²) in [5.74, 6) is 0.829. The molecule has 2 nitrogen and oxygen atoms in total. The van der Waals surface area contributed by atoms with Crippen LogP contribution in [0.5, 0.6) is 0 Å². The number of aryl methyl sites for hydroxylation is 1. The molecule has 4 heteroatoms. The van der Waals surface area contributed by atoms with Gasteiger partial charge in [-0.05, 0) is 43.3 Å². The van der Waals surface area contributed by atoms with Gasteiger partial charge in [0.15, 0.2) is 0 Å². The standard InChI is InChI=1S/C16H12Cl2N2/c1-11-10-20(13-8-6-12(17)7-9-13)16(19-11)14-4-2-3-5-15(14)18/h2-10H,1H3. The molecule has 0 saturated carbocycles. The van der Waals surface area contributed by atoms with E-state index in [0.29, 0.717) is 10.0 Å². The number of benzene rings is 2. The summed E-state index contributed by atoms with van der Waals surface area (Å²) < 4.78 is 2.02. The maximum Gasteiger partial charge on any atom is 0.146 e. The van der Waals surface area contributed by atoms with E-state index >= 15 is 0 Å². The topological polar surface area (TPSA) is 17.8 Å². The number of hydrogen-bond acceptors (Lipinski definition) is 1. The van der Waals surface area contributed by atoms with Crippen molar-refractivity contribution in [2.75, 3.05) is 0 Å². The maximum atomic E-state index is 6.28. The largest absolute Gasteiger partial charge is 0.299 e. The van der Waals surface area contributed by atoms with Crippen molar-refractivity contribution < 1.29 is 0 Å². The smallest absolute Gasteiger partial charge is 0.146 e. The first-order valence-electron chi connectivity index (χ1n) is 6.22. The minimum atomic E-state index is 0.688. The first kappa shape index (κ1) is 13.2. The van der Waals surface area contributed by atoms with E-state index in [9.17, 15) is 0 Å². The molecule has 1 aromatic heterocycles. The highest BCUT2D eigenvalue weighted by atomic mass is 35.5. The lowest BCUT2D eigenvalue weighted by Gasteiger charge is -2.09. The molecule has 0 radical (unpaired) electrons. The Morgan fingerprint density at radius 2 is 1.65 bits per heavy atom. The van der Waals surface area contributed by atoms with Crippen molar-refractivity contribution in [1.29, 1.82) is 0 Å². The van der Waals surface area contributed by atoms with Gasteiger partial charge in [-0.25, -0.2) is 4.98 Å². The second-order valence-corrected chi connectivity index (χ2v) is 5.38. The Balaban J connectivity index is 2.18. The van der Waals surface area contributed by atoms with E-state index in [1.165, 1.54) is 0 Å². The SMILES string of the molecule is Cc1cn(-c2ccc(Cl)cc2)c(-c2ccccc2Cl)n1. The molecule has 0 amide bonds. The third kappa shape index (κ3) is 2.45. The molecule has 0 aliphatic carbocycles. The normalized spacial score (nSPS) is 10.8. The van der Waals surface area contributed by atoms with Gasteiger partial charge in [0.2, 0.25) is 0 Å². The molecule has 100 valence electrons. The van der Waals surface area contributed by atoms with Gasteiger partial charge in [0.05, 0.1) is 10.7 Å². The summed E-state index contributed by atoms with van der Waals surface area (Å²) >= 11 is 12.2. The Bertz CT molecular complexity index is 745. The van der Waals surface area contributed by atoms with Crippen molar-refractivity contribution in [1.82, 2.24) is 9.55 Å². The molecule has 1 heterocycles. The van der Waals surface area contributed by atoms with Crippen LogP contribution in [0.25, 0.3) is 17.1 Å². The van der Waals surface area contributed by atoms with Crippen molar-refractivity contribution in [3.05, 3.63) is 70.5 Å². The summed E-state index contributed by atoms with van der Waals surface area (Å²) in [6.07, 6.45) is 1.99. The Kier molecular flexibility index (Phi) is 3.51. The fourth-order valence-electron chi connectivity index (χ4n) is 2.13. The first-order chi connectivity index (χ1) is 9.65. The van der Waals surface area contributed by atoms with Crippen LogP contribution in [-0.4, -0.2) is 9.55 Å². The summed E-state index contributed by atoms with van der Waals surface area (Å²) in [5, 5.41) is 1.40. The van der Waals surface area contributed by atoms with Crippen molar-refractivity contribution in [2.45, 2.75) is 6.92 Å². The Morgan fingerprint density at radius 3 is 2.35 bits per heavy atom. The third-order valence-electron chi connectivity index (χ3n) is 3.05. The third-order valence-corrected chi connectivity index (χ3v) is 3.63. The fourth-order valence-corrected chi connectivity index (χ4v) is 2.48. The average molecular weight is 303 g/mol. The zero-order valence-corrected chi connectivity index (χ0v) is 12.4. The lowest BCUT2D eigenvalue weighted by Crippen LogP contribution is -1.96. The molecule has 20 heavy (non-hydrogen) atoms. The van der Waals surface area contributed by atoms with E-state index in [1.807, 2.05) is 66.2 Å². The van der Waals surface area contributed by atoms with E-state index in [2.05, 4.69) is 4.98 Å². The van der Waals surface area contributed by atoms with E-state index < -0.39 is 0 Å². The maximum absolute atomic E-state index is 6.28. The molecule has 0 atom stereocenters. The molecule has 0 N–H and O–H groups in total. The van der Waals surface area contributed by atoms with Crippen molar-refractivity contribution in [3.63, 3.8) is 0 Å². The Morgan fingerprint density at radius 1 is 0.950 bits per heavy atom. The second kappa shape index (κ2) is 5.31. The van der Waals surface area contributed by atoms with Gasteiger partial charge in [-0.15, -0.1) is 0 Å². The minimum absolute atomic E-state index is 0.688. The predicted octanol–water partition coefficient (Wildman–Crippen LogP) is 5.15. The summed E-state index contributed by atoms with van der Waals surface area (Å²) in [7, 11) is 0. The van der Waals surface area contributed by atoms with Gasteiger partial charge in [0, 0.05) is 22.5 Å². The van der Waals surface area contributed by atoms with Crippen LogP contribution in [-0.2, 0) is 0 Å². The lowest BCUT2D eigenvalue weighted by molar-refractivity contribution is 1.07. The molecule has 0 unspecified atom stereocenters. The summed E-state index contributed by atoms with van der Waals surface area (Å²) in [6, 6.07) is 15.4. The van der Waals surface area contributed by atoms with Gasteiger partial charge < -0.3 is 0 Å². The number of nitrogens with zero attached hydrogens (tertiary/aromatic N) is 2. The van der Waals surface area contributed by atoms with Crippen LogP contribution in [0.3, 0.4) is 0 Å². The fraction of sp³-hybridized carbons (Fsp3) is 0.0625.